The van der Waals surface area contributed by atoms with E-state index in [1.807, 2.05) is 20.8 Å². The standard InChI is InChI=1S/C12H20N2O3/c1-10(2,3)17-9(15)14-6-11(7-14)12(13)4-8(12)5-16-11/h8H,4-7,13H2,1-3H3. The molecule has 1 aliphatic carbocycles. The maximum absolute atomic E-state index is 11.8. The Morgan fingerprint density at radius 1 is 1.47 bits per heavy atom. The minimum atomic E-state index is -0.446. The van der Waals surface area contributed by atoms with Gasteiger partial charge in [0, 0.05) is 5.92 Å². The van der Waals surface area contributed by atoms with Gasteiger partial charge < -0.3 is 20.1 Å². The van der Waals surface area contributed by atoms with Crippen molar-refractivity contribution < 1.29 is 14.3 Å². The maximum atomic E-state index is 11.8. The van der Waals surface area contributed by atoms with E-state index in [4.69, 9.17) is 15.2 Å². The molecule has 2 heterocycles. The molecule has 2 unspecified atom stereocenters. The van der Waals surface area contributed by atoms with Crippen LogP contribution in [0.15, 0.2) is 0 Å². The van der Waals surface area contributed by atoms with Crippen LogP contribution in [0.25, 0.3) is 0 Å². The molecule has 3 fully saturated rings. The van der Waals surface area contributed by atoms with Crippen LogP contribution in [0.4, 0.5) is 4.79 Å². The summed E-state index contributed by atoms with van der Waals surface area (Å²) < 4.78 is 11.1. The van der Waals surface area contributed by atoms with E-state index < -0.39 is 5.60 Å². The van der Waals surface area contributed by atoms with Crippen LogP contribution in [-0.4, -0.2) is 47.4 Å². The molecule has 3 aliphatic rings. The van der Waals surface area contributed by atoms with Gasteiger partial charge in [-0.05, 0) is 27.2 Å². The summed E-state index contributed by atoms with van der Waals surface area (Å²) in [6.45, 7) is 7.51. The molecule has 5 nitrogen and oxygen atoms in total. The van der Waals surface area contributed by atoms with Crippen molar-refractivity contribution in [1.29, 1.82) is 0 Å². The maximum Gasteiger partial charge on any atom is 0.410 e. The van der Waals surface area contributed by atoms with Gasteiger partial charge in [0.15, 0.2) is 0 Å². The van der Waals surface area contributed by atoms with Crippen LogP contribution in [0.5, 0.6) is 0 Å². The lowest BCUT2D eigenvalue weighted by atomic mass is 9.84. The molecule has 2 atom stereocenters. The van der Waals surface area contributed by atoms with Crippen molar-refractivity contribution >= 4 is 6.09 Å². The average Bonchev–Trinajstić information content (AvgIpc) is 2.65. The lowest BCUT2D eigenvalue weighted by Crippen LogP contribution is -2.72. The normalized spacial score (nSPS) is 37.6. The third kappa shape index (κ3) is 1.48. The summed E-state index contributed by atoms with van der Waals surface area (Å²) in [6.07, 6.45) is 0.772. The van der Waals surface area contributed by atoms with Gasteiger partial charge in [-0.1, -0.05) is 0 Å². The smallest absolute Gasteiger partial charge is 0.410 e. The quantitative estimate of drug-likeness (QED) is 0.677. The second-order valence-corrected chi connectivity index (χ2v) is 6.58. The molecule has 0 aromatic carbocycles. The molecule has 1 spiro atoms. The van der Waals surface area contributed by atoms with Gasteiger partial charge in [0.2, 0.25) is 0 Å². The Hall–Kier alpha value is -0.810. The Balaban J connectivity index is 1.60. The number of ether oxygens (including phenoxy) is 2. The molecule has 1 saturated carbocycles. The molecule has 96 valence electrons. The van der Waals surface area contributed by atoms with E-state index in [0.29, 0.717) is 19.0 Å². The summed E-state index contributed by atoms with van der Waals surface area (Å²) >= 11 is 0. The molecule has 2 N–H and O–H groups in total. The van der Waals surface area contributed by atoms with Gasteiger partial charge in [0.25, 0.3) is 0 Å². The predicted molar refractivity (Wildman–Crippen MR) is 61.5 cm³/mol. The van der Waals surface area contributed by atoms with E-state index in [0.717, 1.165) is 13.0 Å². The van der Waals surface area contributed by atoms with Crippen molar-refractivity contribution in [3.63, 3.8) is 0 Å². The second kappa shape index (κ2) is 2.95. The van der Waals surface area contributed by atoms with Crippen LogP contribution >= 0.6 is 0 Å². The molecule has 1 amide bonds. The fourth-order valence-corrected chi connectivity index (χ4v) is 2.92. The fourth-order valence-electron chi connectivity index (χ4n) is 2.92. The fraction of sp³-hybridized carbons (Fsp3) is 0.917. The van der Waals surface area contributed by atoms with E-state index in [1.54, 1.807) is 4.90 Å². The summed E-state index contributed by atoms with van der Waals surface area (Å²) in [5, 5.41) is 0. The topological polar surface area (TPSA) is 64.8 Å². The van der Waals surface area contributed by atoms with Gasteiger partial charge in [-0.3, -0.25) is 0 Å². The van der Waals surface area contributed by atoms with Crippen molar-refractivity contribution in [3.8, 4) is 0 Å². The van der Waals surface area contributed by atoms with Crippen molar-refractivity contribution in [2.75, 3.05) is 19.7 Å². The van der Waals surface area contributed by atoms with E-state index in [-0.39, 0.29) is 17.2 Å². The number of hydrogen-bond acceptors (Lipinski definition) is 4. The summed E-state index contributed by atoms with van der Waals surface area (Å²) in [5.74, 6) is 0.503. The van der Waals surface area contributed by atoms with Crippen LogP contribution < -0.4 is 5.73 Å². The average molecular weight is 240 g/mol. The van der Waals surface area contributed by atoms with E-state index in [1.165, 1.54) is 0 Å². The van der Waals surface area contributed by atoms with Gasteiger partial charge in [-0.2, -0.15) is 0 Å². The van der Waals surface area contributed by atoms with Crippen LogP contribution in [0.2, 0.25) is 0 Å². The molecule has 2 saturated heterocycles. The molecule has 17 heavy (non-hydrogen) atoms. The molecule has 5 heteroatoms. The number of fused-ring (bicyclic) bond motifs is 2. The molecule has 0 aromatic rings. The number of nitrogens with two attached hydrogens (primary N) is 1. The number of carbonyl (C=O) groups is 1. The number of nitrogens with zero attached hydrogens (tertiary/aromatic N) is 1. The highest BCUT2D eigenvalue weighted by atomic mass is 16.6. The highest BCUT2D eigenvalue weighted by Crippen LogP contribution is 2.59. The predicted octanol–water partition coefficient (Wildman–Crippen LogP) is 0.724. The molecule has 0 bridgehead atoms. The lowest BCUT2D eigenvalue weighted by Gasteiger charge is -2.50. The highest BCUT2D eigenvalue weighted by Gasteiger charge is 2.74. The van der Waals surface area contributed by atoms with Gasteiger partial charge in [0.05, 0.1) is 25.2 Å². The number of amides is 1. The number of likely N-dealkylation sites (tertiary alicyclic amines) is 1. The highest BCUT2D eigenvalue weighted by molar-refractivity contribution is 5.70. The van der Waals surface area contributed by atoms with Crippen molar-refractivity contribution in [1.82, 2.24) is 4.90 Å². The van der Waals surface area contributed by atoms with Crippen LogP contribution in [0.1, 0.15) is 27.2 Å². The van der Waals surface area contributed by atoms with Gasteiger partial charge >= 0.3 is 6.09 Å². The largest absolute Gasteiger partial charge is 0.444 e. The minimum Gasteiger partial charge on any atom is -0.444 e. The lowest BCUT2D eigenvalue weighted by molar-refractivity contribution is -0.132. The first-order valence-corrected chi connectivity index (χ1v) is 6.17. The number of rotatable bonds is 0. The van der Waals surface area contributed by atoms with Crippen LogP contribution in [0, 0.1) is 5.92 Å². The molecular weight excluding hydrogens is 220 g/mol. The molecule has 0 aromatic heterocycles. The Kier molecular flexibility index (Phi) is 1.96. The first-order valence-electron chi connectivity index (χ1n) is 6.17. The summed E-state index contributed by atoms with van der Waals surface area (Å²) in [5.41, 5.74) is 5.37. The van der Waals surface area contributed by atoms with Crippen LogP contribution in [0.3, 0.4) is 0 Å². The van der Waals surface area contributed by atoms with Crippen molar-refractivity contribution in [2.24, 2.45) is 11.7 Å². The van der Waals surface area contributed by atoms with E-state index in [2.05, 4.69) is 0 Å². The van der Waals surface area contributed by atoms with Gasteiger partial charge in [0.1, 0.15) is 11.2 Å². The second-order valence-electron chi connectivity index (χ2n) is 6.58. The zero-order valence-corrected chi connectivity index (χ0v) is 10.7. The summed E-state index contributed by atoms with van der Waals surface area (Å²) in [6, 6.07) is 0. The SMILES string of the molecule is CC(C)(C)OC(=O)N1CC2(C1)OCC1CC12N. The zero-order valence-electron chi connectivity index (χ0n) is 10.7. The number of hydrogen-bond donors (Lipinski definition) is 1. The van der Waals surface area contributed by atoms with E-state index in [9.17, 15) is 4.79 Å². The summed E-state index contributed by atoms with van der Waals surface area (Å²) in [4.78, 5) is 13.5. The molecular formula is C12H20N2O3. The molecule has 0 radical (unpaired) electrons. The molecule has 3 rings (SSSR count). The first-order chi connectivity index (χ1) is 7.76. The number of carbonyl (C=O) groups excluding carboxylic acids is 1. The Bertz CT molecular complexity index is 368. The van der Waals surface area contributed by atoms with E-state index >= 15 is 0 Å². The van der Waals surface area contributed by atoms with Crippen LogP contribution in [-0.2, 0) is 9.47 Å². The Morgan fingerprint density at radius 2 is 2.12 bits per heavy atom. The summed E-state index contributed by atoms with van der Waals surface area (Å²) in [7, 11) is 0. The van der Waals surface area contributed by atoms with Crippen molar-refractivity contribution in [3.05, 3.63) is 0 Å². The first kappa shape index (κ1) is 11.3. The Morgan fingerprint density at radius 3 is 2.53 bits per heavy atom. The van der Waals surface area contributed by atoms with Gasteiger partial charge in [-0.15, -0.1) is 0 Å². The Labute approximate surface area is 101 Å². The molecule has 2 aliphatic heterocycles. The monoisotopic (exact) mass is 240 g/mol. The zero-order chi connectivity index (χ0) is 12.5. The van der Waals surface area contributed by atoms with Gasteiger partial charge in [-0.25, -0.2) is 4.79 Å². The van der Waals surface area contributed by atoms with Crippen molar-refractivity contribution in [2.45, 2.75) is 43.9 Å². The minimum absolute atomic E-state index is 0.175. The third-order valence-corrected chi connectivity index (χ3v) is 4.11. The third-order valence-electron chi connectivity index (χ3n) is 4.11.